The lowest BCUT2D eigenvalue weighted by atomic mass is 10.1. The SMILES string of the molecule is C=CCn1c(SCC(=O)NCCC(C)C)nc2sc3c(c2c1=O)CCCCC3. The van der Waals surface area contributed by atoms with Crippen molar-refractivity contribution in [3.05, 3.63) is 33.4 Å². The summed E-state index contributed by atoms with van der Waals surface area (Å²) in [4.78, 5) is 32.3. The van der Waals surface area contributed by atoms with Crippen molar-refractivity contribution in [2.75, 3.05) is 12.3 Å². The molecule has 0 atom stereocenters. The monoisotopic (exact) mass is 419 g/mol. The fourth-order valence-electron chi connectivity index (χ4n) is 3.48. The Hall–Kier alpha value is -1.60. The Morgan fingerprint density at radius 2 is 2.14 bits per heavy atom. The number of hydrogen-bond acceptors (Lipinski definition) is 5. The van der Waals surface area contributed by atoms with Crippen LogP contribution in [0.15, 0.2) is 22.6 Å². The van der Waals surface area contributed by atoms with Gasteiger partial charge in [0.2, 0.25) is 5.91 Å². The van der Waals surface area contributed by atoms with Gasteiger partial charge in [0.1, 0.15) is 4.83 Å². The molecule has 0 radical (unpaired) electrons. The number of nitrogens with one attached hydrogen (secondary N) is 1. The first kappa shape index (κ1) is 21.1. The molecule has 1 N–H and O–H groups in total. The van der Waals surface area contributed by atoms with Crippen molar-refractivity contribution < 1.29 is 4.79 Å². The quantitative estimate of drug-likeness (QED) is 0.302. The van der Waals surface area contributed by atoms with E-state index in [0.717, 1.165) is 35.9 Å². The van der Waals surface area contributed by atoms with E-state index in [1.807, 2.05) is 0 Å². The Morgan fingerprint density at radius 3 is 2.89 bits per heavy atom. The summed E-state index contributed by atoms with van der Waals surface area (Å²) in [6.45, 7) is 9.15. The predicted octanol–water partition coefficient (Wildman–Crippen LogP) is 4.17. The van der Waals surface area contributed by atoms with Gasteiger partial charge in [0.05, 0.1) is 11.1 Å². The molecule has 0 saturated heterocycles. The molecule has 0 fully saturated rings. The number of hydrogen-bond donors (Lipinski definition) is 1. The molecular weight excluding hydrogens is 390 g/mol. The predicted molar refractivity (Wildman–Crippen MR) is 119 cm³/mol. The van der Waals surface area contributed by atoms with Crippen LogP contribution >= 0.6 is 23.1 Å². The average Bonchev–Trinajstić information content (AvgIpc) is 2.83. The molecule has 1 amide bonds. The van der Waals surface area contributed by atoms with Crippen LogP contribution in [0.5, 0.6) is 0 Å². The zero-order chi connectivity index (χ0) is 20.1. The van der Waals surface area contributed by atoms with Gasteiger partial charge in [-0.3, -0.25) is 14.2 Å². The number of amides is 1. The van der Waals surface area contributed by atoms with Crippen molar-refractivity contribution in [1.82, 2.24) is 14.9 Å². The largest absolute Gasteiger partial charge is 0.355 e. The van der Waals surface area contributed by atoms with Gasteiger partial charge in [-0.2, -0.15) is 0 Å². The highest BCUT2D eigenvalue weighted by molar-refractivity contribution is 7.99. The van der Waals surface area contributed by atoms with Crippen molar-refractivity contribution in [2.24, 2.45) is 5.92 Å². The molecule has 0 aromatic carbocycles. The van der Waals surface area contributed by atoms with Gasteiger partial charge < -0.3 is 5.32 Å². The summed E-state index contributed by atoms with van der Waals surface area (Å²) in [5.41, 5.74) is 1.21. The van der Waals surface area contributed by atoms with Crippen LogP contribution in [-0.4, -0.2) is 27.8 Å². The number of carbonyl (C=O) groups is 1. The highest BCUT2D eigenvalue weighted by Gasteiger charge is 2.21. The minimum Gasteiger partial charge on any atom is -0.355 e. The molecule has 3 rings (SSSR count). The summed E-state index contributed by atoms with van der Waals surface area (Å²) in [5, 5.41) is 4.33. The van der Waals surface area contributed by atoms with E-state index in [1.165, 1.54) is 35.0 Å². The zero-order valence-electron chi connectivity index (χ0n) is 16.8. The smallest absolute Gasteiger partial charge is 0.263 e. The number of thioether (sulfide) groups is 1. The van der Waals surface area contributed by atoms with E-state index >= 15 is 0 Å². The molecular formula is C21H29N3O2S2. The number of fused-ring (bicyclic) bond motifs is 3. The molecule has 0 bridgehead atoms. The van der Waals surface area contributed by atoms with Gasteiger partial charge in [-0.15, -0.1) is 17.9 Å². The number of carbonyl (C=O) groups excluding carboxylic acids is 1. The van der Waals surface area contributed by atoms with Crippen LogP contribution in [0.3, 0.4) is 0 Å². The maximum atomic E-state index is 13.2. The minimum absolute atomic E-state index is 0.00650. The third kappa shape index (κ3) is 4.87. The van der Waals surface area contributed by atoms with Gasteiger partial charge in [-0.25, -0.2) is 4.98 Å². The highest BCUT2D eigenvalue weighted by Crippen LogP contribution is 2.34. The summed E-state index contributed by atoms with van der Waals surface area (Å²) < 4.78 is 1.67. The summed E-state index contributed by atoms with van der Waals surface area (Å²) >= 11 is 2.99. The van der Waals surface area contributed by atoms with Crippen molar-refractivity contribution in [2.45, 2.75) is 64.1 Å². The van der Waals surface area contributed by atoms with Gasteiger partial charge >= 0.3 is 0 Å². The first-order valence-corrected chi connectivity index (χ1v) is 11.9. The summed E-state index contributed by atoms with van der Waals surface area (Å²) in [7, 11) is 0. The number of nitrogens with zero attached hydrogens (tertiary/aromatic N) is 2. The molecule has 0 unspecified atom stereocenters. The third-order valence-electron chi connectivity index (χ3n) is 4.98. The highest BCUT2D eigenvalue weighted by atomic mass is 32.2. The Kier molecular flexibility index (Phi) is 7.35. The number of thiophene rings is 1. The minimum atomic E-state index is -0.0212. The van der Waals surface area contributed by atoms with Crippen molar-refractivity contribution in [3.63, 3.8) is 0 Å². The Balaban J connectivity index is 1.85. The summed E-state index contributed by atoms with van der Waals surface area (Å²) in [6.07, 6.45) is 8.21. The van der Waals surface area contributed by atoms with Gasteiger partial charge in [0.15, 0.2) is 5.16 Å². The van der Waals surface area contributed by atoms with E-state index in [0.29, 0.717) is 24.2 Å². The van der Waals surface area contributed by atoms with Crippen LogP contribution in [-0.2, 0) is 24.2 Å². The van der Waals surface area contributed by atoms with Gasteiger partial charge in [0.25, 0.3) is 5.56 Å². The van der Waals surface area contributed by atoms with Crippen molar-refractivity contribution >= 4 is 39.2 Å². The molecule has 0 aliphatic heterocycles. The molecule has 152 valence electrons. The second kappa shape index (κ2) is 9.74. The standard InChI is InChI=1S/C21H29N3O2S2/c1-4-12-24-20(26)18-15-8-6-5-7-9-16(15)28-19(18)23-21(24)27-13-17(25)22-11-10-14(2)3/h4,14H,1,5-13H2,2-3H3,(H,22,25). The molecule has 5 nitrogen and oxygen atoms in total. The van der Waals surface area contributed by atoms with Gasteiger partial charge in [0, 0.05) is 18.0 Å². The van der Waals surface area contributed by atoms with Gasteiger partial charge in [-0.1, -0.05) is 38.1 Å². The molecule has 2 aromatic rings. The first-order chi connectivity index (χ1) is 13.5. The molecule has 2 heterocycles. The number of aromatic nitrogens is 2. The first-order valence-electron chi connectivity index (χ1n) is 10.1. The maximum Gasteiger partial charge on any atom is 0.263 e. The summed E-state index contributed by atoms with van der Waals surface area (Å²) in [6, 6.07) is 0. The van der Waals surface area contributed by atoms with E-state index in [1.54, 1.807) is 22.0 Å². The molecule has 0 saturated carbocycles. The average molecular weight is 420 g/mol. The molecule has 1 aliphatic rings. The fourth-order valence-corrected chi connectivity index (χ4v) is 5.62. The molecule has 2 aromatic heterocycles. The zero-order valence-corrected chi connectivity index (χ0v) is 18.4. The van der Waals surface area contributed by atoms with Crippen molar-refractivity contribution in [1.29, 1.82) is 0 Å². The van der Waals surface area contributed by atoms with Crippen molar-refractivity contribution in [3.8, 4) is 0 Å². The molecule has 7 heteroatoms. The second-order valence-electron chi connectivity index (χ2n) is 7.66. The number of rotatable bonds is 8. The molecule has 1 aliphatic carbocycles. The van der Waals surface area contributed by atoms with Crippen LogP contribution in [0.2, 0.25) is 0 Å². The Labute approximate surface area is 174 Å². The van der Waals surface area contributed by atoms with E-state index in [4.69, 9.17) is 4.98 Å². The fraction of sp³-hybridized carbons (Fsp3) is 0.571. The van der Waals surface area contributed by atoms with Crippen LogP contribution < -0.4 is 10.9 Å². The Morgan fingerprint density at radius 1 is 1.36 bits per heavy atom. The van der Waals surface area contributed by atoms with E-state index in [2.05, 4.69) is 25.7 Å². The maximum absolute atomic E-state index is 13.2. The van der Waals surface area contributed by atoms with E-state index in [-0.39, 0.29) is 17.2 Å². The van der Waals surface area contributed by atoms with Crippen LogP contribution in [0.1, 0.15) is 50.0 Å². The van der Waals surface area contributed by atoms with Gasteiger partial charge in [-0.05, 0) is 43.6 Å². The molecule has 0 spiro atoms. The van der Waals surface area contributed by atoms with Crippen LogP contribution in [0.4, 0.5) is 0 Å². The number of aryl methyl sites for hydroxylation is 2. The normalized spacial score (nSPS) is 14.1. The third-order valence-corrected chi connectivity index (χ3v) is 7.14. The second-order valence-corrected chi connectivity index (χ2v) is 9.69. The van der Waals surface area contributed by atoms with E-state index < -0.39 is 0 Å². The number of allylic oxidation sites excluding steroid dienone is 1. The van der Waals surface area contributed by atoms with Crippen LogP contribution in [0.25, 0.3) is 10.2 Å². The lowest BCUT2D eigenvalue weighted by Gasteiger charge is -2.11. The topological polar surface area (TPSA) is 64.0 Å². The summed E-state index contributed by atoms with van der Waals surface area (Å²) in [5.74, 6) is 0.800. The van der Waals surface area contributed by atoms with Crippen LogP contribution in [0, 0.1) is 5.92 Å². The Bertz CT molecular complexity index is 914. The molecule has 28 heavy (non-hydrogen) atoms. The lowest BCUT2D eigenvalue weighted by molar-refractivity contribution is -0.118. The lowest BCUT2D eigenvalue weighted by Crippen LogP contribution is -2.28. The van der Waals surface area contributed by atoms with E-state index in [9.17, 15) is 9.59 Å².